The number of benzene rings is 1. The molecule has 19 heavy (non-hydrogen) atoms. The minimum Gasteiger partial charge on any atom is -0.450 e. The third-order valence-corrected chi connectivity index (χ3v) is 3.30. The van der Waals surface area contributed by atoms with Gasteiger partial charge in [0, 0.05) is 18.5 Å². The maximum absolute atomic E-state index is 13.5. The standard InChI is InChI=1S/C14H14FNO3/c1-16-5-6-18-12(8-16)13(17)11-7-9-3-2-4-10(15)14(9)19-11/h2-4,7,12H,5-6,8H2,1H3. The Morgan fingerprint density at radius 3 is 3.05 bits per heavy atom. The first-order valence-corrected chi connectivity index (χ1v) is 6.17. The minimum absolute atomic E-state index is 0.120. The second-order valence-electron chi connectivity index (χ2n) is 4.75. The zero-order valence-corrected chi connectivity index (χ0v) is 10.6. The Labute approximate surface area is 109 Å². The van der Waals surface area contributed by atoms with Gasteiger partial charge in [0.15, 0.2) is 17.2 Å². The lowest BCUT2D eigenvalue weighted by Crippen LogP contribution is -2.44. The van der Waals surface area contributed by atoms with E-state index in [1.54, 1.807) is 18.2 Å². The van der Waals surface area contributed by atoms with Crippen molar-refractivity contribution in [2.24, 2.45) is 0 Å². The highest BCUT2D eigenvalue weighted by Gasteiger charge is 2.28. The number of rotatable bonds is 2. The van der Waals surface area contributed by atoms with E-state index in [2.05, 4.69) is 0 Å². The number of ketones is 1. The van der Waals surface area contributed by atoms with Crippen LogP contribution in [0.1, 0.15) is 10.6 Å². The van der Waals surface area contributed by atoms with Crippen molar-refractivity contribution in [3.05, 3.63) is 35.8 Å². The number of nitrogens with zero attached hydrogens (tertiary/aromatic N) is 1. The van der Waals surface area contributed by atoms with Gasteiger partial charge in [-0.05, 0) is 19.2 Å². The smallest absolute Gasteiger partial charge is 0.227 e. The molecule has 4 nitrogen and oxygen atoms in total. The topological polar surface area (TPSA) is 42.7 Å². The van der Waals surface area contributed by atoms with Gasteiger partial charge in [-0.15, -0.1) is 0 Å². The number of carbonyl (C=O) groups is 1. The number of carbonyl (C=O) groups excluding carboxylic acids is 1. The Morgan fingerprint density at radius 1 is 1.47 bits per heavy atom. The van der Waals surface area contributed by atoms with Gasteiger partial charge in [-0.25, -0.2) is 4.39 Å². The second kappa shape index (κ2) is 4.75. The van der Waals surface area contributed by atoms with Crippen molar-refractivity contribution in [1.82, 2.24) is 4.90 Å². The summed E-state index contributed by atoms with van der Waals surface area (Å²) < 4.78 is 24.3. The van der Waals surface area contributed by atoms with E-state index in [9.17, 15) is 9.18 Å². The molecule has 0 amide bonds. The van der Waals surface area contributed by atoms with Crippen molar-refractivity contribution in [3.8, 4) is 0 Å². The summed E-state index contributed by atoms with van der Waals surface area (Å²) in [5.41, 5.74) is 0.120. The second-order valence-corrected chi connectivity index (χ2v) is 4.75. The molecule has 2 heterocycles. The van der Waals surface area contributed by atoms with Crippen molar-refractivity contribution in [2.45, 2.75) is 6.10 Å². The average molecular weight is 263 g/mol. The van der Waals surface area contributed by atoms with E-state index in [-0.39, 0.29) is 17.1 Å². The highest BCUT2D eigenvalue weighted by Crippen LogP contribution is 2.23. The van der Waals surface area contributed by atoms with Gasteiger partial charge in [0.2, 0.25) is 5.78 Å². The molecule has 1 aliphatic rings. The summed E-state index contributed by atoms with van der Waals surface area (Å²) in [5.74, 6) is -0.541. The molecule has 3 rings (SSSR count). The molecule has 0 bridgehead atoms. The molecule has 1 fully saturated rings. The van der Waals surface area contributed by atoms with Crippen LogP contribution < -0.4 is 0 Å². The highest BCUT2D eigenvalue weighted by molar-refractivity contribution is 6.00. The number of para-hydroxylation sites is 1. The van der Waals surface area contributed by atoms with Crippen LogP contribution in [0.4, 0.5) is 4.39 Å². The Morgan fingerprint density at radius 2 is 2.32 bits per heavy atom. The van der Waals surface area contributed by atoms with Gasteiger partial charge in [-0.3, -0.25) is 4.79 Å². The van der Waals surface area contributed by atoms with Crippen LogP contribution in [0.15, 0.2) is 28.7 Å². The first kappa shape index (κ1) is 12.3. The molecule has 1 atom stereocenters. The molecule has 0 N–H and O–H groups in total. The zero-order chi connectivity index (χ0) is 13.4. The molecule has 0 radical (unpaired) electrons. The molecular formula is C14H14FNO3. The third kappa shape index (κ3) is 2.27. The summed E-state index contributed by atoms with van der Waals surface area (Å²) in [5, 5.41) is 0.590. The van der Waals surface area contributed by atoms with Crippen LogP contribution in [0.5, 0.6) is 0 Å². The van der Waals surface area contributed by atoms with Gasteiger partial charge in [0.05, 0.1) is 6.61 Å². The lowest BCUT2D eigenvalue weighted by molar-refractivity contribution is -0.00988. The van der Waals surface area contributed by atoms with Crippen molar-refractivity contribution in [1.29, 1.82) is 0 Å². The number of likely N-dealkylation sites (N-methyl/N-ethyl adjacent to an activating group) is 1. The summed E-state index contributed by atoms with van der Waals surface area (Å²) in [6.45, 7) is 1.85. The first-order chi connectivity index (χ1) is 9.15. The van der Waals surface area contributed by atoms with Crippen LogP contribution in [-0.4, -0.2) is 43.5 Å². The molecule has 0 aliphatic carbocycles. The summed E-state index contributed by atoms with van der Waals surface area (Å²) in [4.78, 5) is 14.3. The van der Waals surface area contributed by atoms with E-state index < -0.39 is 11.9 Å². The number of Topliss-reactive ketones (excluding diaryl/α,β-unsaturated/α-hetero) is 1. The fourth-order valence-corrected chi connectivity index (χ4v) is 2.24. The van der Waals surface area contributed by atoms with Crippen molar-refractivity contribution >= 4 is 16.8 Å². The van der Waals surface area contributed by atoms with Gasteiger partial charge >= 0.3 is 0 Å². The normalized spacial score (nSPS) is 20.8. The Bertz CT molecular complexity index is 622. The molecule has 1 unspecified atom stereocenters. The number of ether oxygens (including phenoxy) is 1. The Balaban J connectivity index is 1.91. The van der Waals surface area contributed by atoms with Crippen LogP contribution in [-0.2, 0) is 4.74 Å². The lowest BCUT2D eigenvalue weighted by atomic mass is 10.1. The van der Waals surface area contributed by atoms with Crippen LogP contribution in [0.25, 0.3) is 11.0 Å². The molecule has 1 aromatic heterocycles. The molecule has 100 valence electrons. The van der Waals surface area contributed by atoms with Crippen molar-refractivity contribution < 1.29 is 18.3 Å². The van der Waals surface area contributed by atoms with Crippen molar-refractivity contribution in [2.75, 3.05) is 26.7 Å². The van der Waals surface area contributed by atoms with E-state index in [0.717, 1.165) is 6.54 Å². The van der Waals surface area contributed by atoms with Crippen LogP contribution in [0.2, 0.25) is 0 Å². The number of hydrogen-bond acceptors (Lipinski definition) is 4. The molecule has 1 aliphatic heterocycles. The van der Waals surface area contributed by atoms with Crippen LogP contribution >= 0.6 is 0 Å². The summed E-state index contributed by atoms with van der Waals surface area (Å²) >= 11 is 0. The molecule has 5 heteroatoms. The fraction of sp³-hybridized carbons (Fsp3) is 0.357. The van der Waals surface area contributed by atoms with Crippen LogP contribution in [0.3, 0.4) is 0 Å². The Hall–Kier alpha value is -1.72. The number of fused-ring (bicyclic) bond motifs is 1. The molecule has 0 saturated carbocycles. The number of furan rings is 1. The Kier molecular flexibility index (Phi) is 3.08. The van der Waals surface area contributed by atoms with E-state index in [4.69, 9.17) is 9.15 Å². The van der Waals surface area contributed by atoms with Crippen LogP contribution in [0, 0.1) is 5.82 Å². The number of morpholine rings is 1. The van der Waals surface area contributed by atoms with Gasteiger partial charge < -0.3 is 14.1 Å². The van der Waals surface area contributed by atoms with Crippen molar-refractivity contribution in [3.63, 3.8) is 0 Å². The lowest BCUT2D eigenvalue weighted by Gasteiger charge is -2.28. The van der Waals surface area contributed by atoms with E-state index in [1.807, 2.05) is 11.9 Å². The molecule has 2 aromatic rings. The van der Waals surface area contributed by atoms with Gasteiger partial charge in [0.1, 0.15) is 6.10 Å². The van der Waals surface area contributed by atoms with E-state index in [1.165, 1.54) is 6.07 Å². The van der Waals surface area contributed by atoms with E-state index >= 15 is 0 Å². The highest BCUT2D eigenvalue weighted by atomic mass is 19.1. The predicted molar refractivity (Wildman–Crippen MR) is 67.7 cm³/mol. The maximum atomic E-state index is 13.5. The molecular weight excluding hydrogens is 249 g/mol. The molecule has 0 spiro atoms. The zero-order valence-electron chi connectivity index (χ0n) is 10.6. The first-order valence-electron chi connectivity index (χ1n) is 6.17. The average Bonchev–Trinajstić information content (AvgIpc) is 2.83. The maximum Gasteiger partial charge on any atom is 0.227 e. The summed E-state index contributed by atoms with van der Waals surface area (Å²) in [6.07, 6.45) is -0.539. The summed E-state index contributed by atoms with van der Waals surface area (Å²) in [7, 11) is 1.93. The monoisotopic (exact) mass is 263 g/mol. The number of halogens is 1. The SMILES string of the molecule is CN1CCOC(C(=O)c2cc3cccc(F)c3o2)C1. The molecule has 1 saturated heterocycles. The largest absolute Gasteiger partial charge is 0.450 e. The minimum atomic E-state index is -0.539. The van der Waals surface area contributed by atoms with Gasteiger partial charge in [-0.2, -0.15) is 0 Å². The van der Waals surface area contributed by atoms with Gasteiger partial charge in [0.25, 0.3) is 0 Å². The molecule has 1 aromatic carbocycles. The number of hydrogen-bond donors (Lipinski definition) is 0. The summed E-state index contributed by atoms with van der Waals surface area (Å²) in [6, 6.07) is 6.18. The quantitative estimate of drug-likeness (QED) is 0.778. The predicted octanol–water partition coefficient (Wildman–Crippen LogP) is 2.09. The van der Waals surface area contributed by atoms with E-state index in [0.29, 0.717) is 18.5 Å². The van der Waals surface area contributed by atoms with Gasteiger partial charge in [-0.1, -0.05) is 12.1 Å². The fourth-order valence-electron chi connectivity index (χ4n) is 2.24. The third-order valence-electron chi connectivity index (χ3n) is 3.30.